The maximum atomic E-state index is 13.3. The molecule has 34 heavy (non-hydrogen) atoms. The molecular formula is C23H20Cl2F3IN4O. The quantitative estimate of drug-likeness (QED) is 0.238. The third-order valence-electron chi connectivity index (χ3n) is 5.91. The molecule has 3 aromatic rings. The number of alkyl halides is 3. The molecule has 1 fully saturated rings. The van der Waals surface area contributed by atoms with Crippen LogP contribution in [-0.4, -0.2) is 28.5 Å². The molecule has 2 aromatic heterocycles. The topological polar surface area (TPSA) is 66.9 Å². The fourth-order valence-electron chi connectivity index (χ4n) is 4.13. The van der Waals surface area contributed by atoms with Crippen LogP contribution in [-0.2, 0) is 6.18 Å². The van der Waals surface area contributed by atoms with Gasteiger partial charge in [0.15, 0.2) is 0 Å². The third kappa shape index (κ3) is 5.85. The lowest BCUT2D eigenvalue weighted by atomic mass is 9.86. The zero-order valence-corrected chi connectivity index (χ0v) is 21.4. The lowest BCUT2D eigenvalue weighted by Gasteiger charge is -2.29. The Bertz CT molecular complexity index is 1200. The number of fused-ring (bicyclic) bond motifs is 1. The Morgan fingerprint density at radius 2 is 1.85 bits per heavy atom. The fourth-order valence-corrected chi connectivity index (χ4v) is 5.37. The summed E-state index contributed by atoms with van der Waals surface area (Å²) in [5.41, 5.74) is 0.0186. The van der Waals surface area contributed by atoms with E-state index in [2.05, 4.69) is 43.2 Å². The van der Waals surface area contributed by atoms with E-state index in [9.17, 15) is 18.0 Å². The van der Waals surface area contributed by atoms with E-state index in [4.69, 9.17) is 23.2 Å². The molecule has 1 saturated carbocycles. The summed E-state index contributed by atoms with van der Waals surface area (Å²) in [5, 5.41) is 7.35. The van der Waals surface area contributed by atoms with Crippen LogP contribution >= 0.6 is 45.8 Å². The monoisotopic (exact) mass is 622 g/mol. The summed E-state index contributed by atoms with van der Waals surface area (Å²) in [4.78, 5) is 20.4. The van der Waals surface area contributed by atoms with Gasteiger partial charge in [0.2, 0.25) is 0 Å². The number of hydrogen-bond donors (Lipinski definition) is 2. The second-order valence-electron chi connectivity index (χ2n) is 8.24. The normalized spacial score (nSPS) is 18.6. The molecule has 0 aliphatic heterocycles. The number of amides is 1. The Morgan fingerprint density at radius 3 is 2.53 bits per heavy atom. The van der Waals surface area contributed by atoms with E-state index in [1.807, 2.05) is 0 Å². The van der Waals surface area contributed by atoms with Crippen molar-refractivity contribution >= 4 is 68.3 Å². The van der Waals surface area contributed by atoms with E-state index < -0.39 is 11.9 Å². The Labute approximate surface area is 218 Å². The van der Waals surface area contributed by atoms with Crippen LogP contribution in [0, 0.1) is 9.49 Å². The highest BCUT2D eigenvalue weighted by Crippen LogP contribution is 2.35. The smallest absolute Gasteiger partial charge is 0.384 e. The van der Waals surface area contributed by atoms with Crippen LogP contribution in [0.25, 0.3) is 10.9 Å². The lowest BCUT2D eigenvalue weighted by molar-refractivity contribution is -0.140. The van der Waals surface area contributed by atoms with Crippen molar-refractivity contribution in [1.29, 1.82) is 0 Å². The van der Waals surface area contributed by atoms with Crippen LogP contribution < -0.4 is 10.6 Å². The molecule has 1 amide bonds. The number of nitrogens with zero attached hydrogens (tertiary/aromatic N) is 2. The zero-order chi connectivity index (χ0) is 24.5. The number of nitrogens with one attached hydrogen (secondary N) is 2. The van der Waals surface area contributed by atoms with Gasteiger partial charge in [-0.15, -0.1) is 0 Å². The van der Waals surface area contributed by atoms with Crippen molar-refractivity contribution in [3.8, 4) is 0 Å². The van der Waals surface area contributed by atoms with Gasteiger partial charge < -0.3 is 10.6 Å². The van der Waals surface area contributed by atoms with Gasteiger partial charge in [-0.3, -0.25) is 4.79 Å². The van der Waals surface area contributed by atoms with Gasteiger partial charge in [-0.05, 0) is 84.5 Å². The molecule has 0 spiro atoms. The lowest BCUT2D eigenvalue weighted by Crippen LogP contribution is -2.39. The average Bonchev–Trinajstić information content (AvgIpc) is 2.77. The first kappa shape index (κ1) is 25.2. The molecule has 11 heteroatoms. The van der Waals surface area contributed by atoms with E-state index in [1.54, 1.807) is 18.3 Å². The van der Waals surface area contributed by atoms with E-state index in [-0.39, 0.29) is 28.5 Å². The Morgan fingerprint density at radius 1 is 1.12 bits per heavy atom. The highest BCUT2D eigenvalue weighted by atomic mass is 127. The van der Waals surface area contributed by atoms with Crippen LogP contribution in [0.15, 0.2) is 36.5 Å². The van der Waals surface area contributed by atoms with Crippen molar-refractivity contribution in [3.63, 3.8) is 0 Å². The largest absolute Gasteiger partial charge is 0.433 e. The predicted molar refractivity (Wildman–Crippen MR) is 135 cm³/mol. The van der Waals surface area contributed by atoms with Crippen LogP contribution in [0.1, 0.15) is 41.7 Å². The summed E-state index contributed by atoms with van der Waals surface area (Å²) in [5.74, 6) is 0.0101. The Balaban J connectivity index is 1.39. The fraction of sp³-hybridized carbons (Fsp3) is 0.348. The summed E-state index contributed by atoms with van der Waals surface area (Å²) in [6.45, 7) is 0.510. The highest BCUT2D eigenvalue weighted by Gasteiger charge is 2.33. The van der Waals surface area contributed by atoms with Crippen molar-refractivity contribution < 1.29 is 18.0 Å². The summed E-state index contributed by atoms with van der Waals surface area (Å²) in [6.07, 6.45) is 0.191. The van der Waals surface area contributed by atoms with E-state index in [0.29, 0.717) is 28.2 Å². The van der Waals surface area contributed by atoms with Gasteiger partial charge in [0.25, 0.3) is 5.91 Å². The minimum absolute atomic E-state index is 0.00761. The second-order valence-corrected chi connectivity index (χ2v) is 10.2. The third-order valence-corrected chi connectivity index (χ3v) is 7.33. The van der Waals surface area contributed by atoms with Crippen LogP contribution in [0.3, 0.4) is 0 Å². The molecular weight excluding hydrogens is 603 g/mol. The van der Waals surface area contributed by atoms with Gasteiger partial charge in [0.05, 0.1) is 11.1 Å². The minimum Gasteiger partial charge on any atom is -0.384 e. The molecule has 5 nitrogen and oxygen atoms in total. The zero-order valence-electron chi connectivity index (χ0n) is 17.7. The van der Waals surface area contributed by atoms with Crippen LogP contribution in [0.2, 0.25) is 10.2 Å². The van der Waals surface area contributed by atoms with Crippen molar-refractivity contribution in [1.82, 2.24) is 15.3 Å². The molecule has 2 heterocycles. The Hall–Kier alpha value is -1.85. The first-order chi connectivity index (χ1) is 16.1. The second kappa shape index (κ2) is 10.4. The summed E-state index contributed by atoms with van der Waals surface area (Å²) < 4.78 is 40.7. The van der Waals surface area contributed by atoms with Crippen LogP contribution in [0.5, 0.6) is 0 Å². The maximum Gasteiger partial charge on any atom is 0.433 e. The molecule has 1 aliphatic carbocycles. The van der Waals surface area contributed by atoms with Gasteiger partial charge in [-0.1, -0.05) is 23.2 Å². The molecule has 180 valence electrons. The minimum atomic E-state index is -4.55. The molecule has 0 unspecified atom stereocenters. The van der Waals surface area contributed by atoms with E-state index >= 15 is 0 Å². The van der Waals surface area contributed by atoms with Gasteiger partial charge in [-0.2, -0.15) is 13.2 Å². The molecule has 4 rings (SSSR count). The molecule has 1 aliphatic rings. The standard InChI is InChI=1S/C23H20Cl2F3IN4O/c24-13-3-6-17-15(9-13)18(10-19(33-17)23(26,27)28)31-11-12-1-4-14(5-2-12)32-22(34)20-16(29)7-8-30-21(20)25/h3,6-10,12,14H,1-2,4-5,11H2,(H,31,33)(H,32,34). The van der Waals surface area contributed by atoms with Crippen molar-refractivity contribution in [2.75, 3.05) is 11.9 Å². The number of anilines is 1. The summed E-state index contributed by atoms with van der Waals surface area (Å²) in [7, 11) is 0. The van der Waals surface area contributed by atoms with E-state index in [0.717, 1.165) is 35.3 Å². The average molecular weight is 623 g/mol. The number of benzene rings is 1. The number of pyridine rings is 2. The van der Waals surface area contributed by atoms with Gasteiger partial charge >= 0.3 is 6.18 Å². The van der Waals surface area contributed by atoms with Crippen molar-refractivity contribution in [2.24, 2.45) is 5.92 Å². The number of halogens is 6. The van der Waals surface area contributed by atoms with E-state index in [1.165, 1.54) is 12.1 Å². The molecule has 0 bridgehead atoms. The molecule has 0 radical (unpaired) electrons. The number of carbonyl (C=O) groups excluding carboxylic acids is 1. The van der Waals surface area contributed by atoms with Crippen molar-refractivity contribution in [2.45, 2.75) is 37.9 Å². The molecule has 0 atom stereocenters. The van der Waals surface area contributed by atoms with Gasteiger partial charge in [0, 0.05) is 38.4 Å². The number of aromatic nitrogens is 2. The first-order valence-corrected chi connectivity index (χ1v) is 12.5. The number of carbonyl (C=O) groups is 1. The highest BCUT2D eigenvalue weighted by molar-refractivity contribution is 14.1. The summed E-state index contributed by atoms with van der Waals surface area (Å²) in [6, 6.07) is 7.39. The first-order valence-electron chi connectivity index (χ1n) is 10.6. The maximum absolute atomic E-state index is 13.3. The Kier molecular flexibility index (Phi) is 7.73. The number of hydrogen-bond acceptors (Lipinski definition) is 4. The molecule has 2 N–H and O–H groups in total. The molecule has 0 saturated heterocycles. The van der Waals surface area contributed by atoms with Gasteiger partial charge in [0.1, 0.15) is 10.8 Å². The van der Waals surface area contributed by atoms with Crippen LogP contribution in [0.4, 0.5) is 18.9 Å². The number of rotatable bonds is 5. The predicted octanol–water partition coefficient (Wildman–Crippen LogP) is 6.96. The van der Waals surface area contributed by atoms with Crippen molar-refractivity contribution in [3.05, 3.63) is 61.5 Å². The summed E-state index contributed by atoms with van der Waals surface area (Å²) >= 11 is 14.2. The molecule has 1 aromatic carbocycles. The SMILES string of the molecule is O=C(NC1CCC(CNc2cc(C(F)(F)F)nc3ccc(Cl)cc23)CC1)c1c(I)ccnc1Cl. The van der Waals surface area contributed by atoms with Gasteiger partial charge in [-0.25, -0.2) is 9.97 Å².